The van der Waals surface area contributed by atoms with Gasteiger partial charge in [-0.2, -0.15) is 0 Å². The predicted octanol–water partition coefficient (Wildman–Crippen LogP) is 2.48. The first-order chi connectivity index (χ1) is 9.09. The van der Waals surface area contributed by atoms with Crippen molar-refractivity contribution in [2.24, 2.45) is 0 Å². The van der Waals surface area contributed by atoms with Gasteiger partial charge in [-0.3, -0.25) is 14.3 Å². The van der Waals surface area contributed by atoms with Gasteiger partial charge in [-0.1, -0.05) is 30.3 Å². The van der Waals surface area contributed by atoms with E-state index in [9.17, 15) is 14.3 Å². The number of anilines is 1. The number of hydrogen-bond acceptors (Lipinski definition) is 4. The zero-order valence-electron chi connectivity index (χ0n) is 9.98. The molecule has 6 heteroatoms. The molecule has 0 saturated heterocycles. The summed E-state index contributed by atoms with van der Waals surface area (Å²) in [5.74, 6) is 0.164. The van der Waals surface area contributed by atoms with Crippen molar-refractivity contribution >= 4 is 22.2 Å². The van der Waals surface area contributed by atoms with Gasteiger partial charge in [-0.15, -0.1) is 0 Å². The van der Waals surface area contributed by atoms with E-state index < -0.39 is 15.7 Å². The zero-order chi connectivity index (χ0) is 13.8. The van der Waals surface area contributed by atoms with Gasteiger partial charge in [-0.25, -0.2) is 0 Å². The molecule has 0 amide bonds. The van der Waals surface area contributed by atoms with E-state index in [1.165, 1.54) is 12.1 Å². The van der Waals surface area contributed by atoms with E-state index in [1.54, 1.807) is 36.4 Å². The molecule has 2 rings (SSSR count). The first-order valence-corrected chi connectivity index (χ1v) is 6.86. The summed E-state index contributed by atoms with van der Waals surface area (Å²) in [6.07, 6.45) is 0. The fourth-order valence-electron chi connectivity index (χ4n) is 1.69. The monoisotopic (exact) mass is 276 g/mol. The van der Waals surface area contributed by atoms with Crippen LogP contribution in [-0.4, -0.2) is 9.13 Å². The Hall–Kier alpha value is -2.21. The standard InChI is InChI=1S/C13H12N2O3S/c14-11-6-2-1-5-10(11)9-19(18)13-8-4-3-7-12(13)15(16)17/h1-8H,9,14H2. The highest BCUT2D eigenvalue weighted by Gasteiger charge is 2.18. The Balaban J connectivity index is 2.31. The molecular weight excluding hydrogens is 264 g/mol. The molecule has 0 bridgehead atoms. The van der Waals surface area contributed by atoms with E-state index in [1.807, 2.05) is 0 Å². The number of hydrogen-bond donors (Lipinski definition) is 1. The molecule has 1 unspecified atom stereocenters. The number of nitrogen functional groups attached to an aromatic ring is 1. The summed E-state index contributed by atoms with van der Waals surface area (Å²) in [4.78, 5) is 10.6. The van der Waals surface area contributed by atoms with Crippen molar-refractivity contribution in [1.29, 1.82) is 0 Å². The second-order valence-electron chi connectivity index (χ2n) is 3.91. The number of nitro benzene ring substituents is 1. The van der Waals surface area contributed by atoms with Crippen LogP contribution in [0.25, 0.3) is 0 Å². The summed E-state index contributed by atoms with van der Waals surface area (Å²) in [6.45, 7) is 0. The van der Waals surface area contributed by atoms with E-state index in [2.05, 4.69) is 0 Å². The molecule has 0 fully saturated rings. The highest BCUT2D eigenvalue weighted by atomic mass is 32.2. The van der Waals surface area contributed by atoms with Gasteiger partial charge in [0.1, 0.15) is 4.90 Å². The topological polar surface area (TPSA) is 86.2 Å². The molecule has 0 aliphatic rings. The molecular formula is C13H12N2O3S. The Labute approximate surface area is 112 Å². The van der Waals surface area contributed by atoms with Crippen LogP contribution in [-0.2, 0) is 16.6 Å². The van der Waals surface area contributed by atoms with Crippen molar-refractivity contribution in [1.82, 2.24) is 0 Å². The van der Waals surface area contributed by atoms with Crippen LogP contribution in [0.5, 0.6) is 0 Å². The van der Waals surface area contributed by atoms with Gasteiger partial charge in [0, 0.05) is 11.8 Å². The summed E-state index contributed by atoms with van der Waals surface area (Å²) < 4.78 is 12.2. The Morgan fingerprint density at radius 3 is 2.42 bits per heavy atom. The van der Waals surface area contributed by atoms with Crippen LogP contribution in [0.2, 0.25) is 0 Å². The molecule has 0 radical (unpaired) electrons. The third-order valence-electron chi connectivity index (χ3n) is 2.65. The molecule has 19 heavy (non-hydrogen) atoms. The number of nitro groups is 1. The van der Waals surface area contributed by atoms with E-state index in [0.29, 0.717) is 5.69 Å². The fourth-order valence-corrected chi connectivity index (χ4v) is 2.99. The molecule has 0 heterocycles. The molecule has 2 aromatic rings. The van der Waals surface area contributed by atoms with Crippen molar-refractivity contribution in [3.63, 3.8) is 0 Å². The summed E-state index contributed by atoms with van der Waals surface area (Å²) in [5.41, 5.74) is 6.90. The second kappa shape index (κ2) is 5.62. The van der Waals surface area contributed by atoms with Crippen molar-refractivity contribution < 1.29 is 9.13 Å². The van der Waals surface area contributed by atoms with Crippen molar-refractivity contribution in [3.8, 4) is 0 Å². The highest BCUT2D eigenvalue weighted by Crippen LogP contribution is 2.24. The largest absolute Gasteiger partial charge is 0.398 e. The van der Waals surface area contributed by atoms with Crippen LogP contribution >= 0.6 is 0 Å². The van der Waals surface area contributed by atoms with E-state index in [-0.39, 0.29) is 16.3 Å². The Morgan fingerprint density at radius 1 is 1.11 bits per heavy atom. The summed E-state index contributed by atoms with van der Waals surface area (Å²) >= 11 is 0. The van der Waals surface area contributed by atoms with Crippen molar-refractivity contribution in [2.45, 2.75) is 10.6 Å². The fraction of sp³-hybridized carbons (Fsp3) is 0.0769. The Morgan fingerprint density at radius 2 is 1.74 bits per heavy atom. The molecule has 1 atom stereocenters. The van der Waals surface area contributed by atoms with Crippen LogP contribution in [0.4, 0.5) is 11.4 Å². The number of rotatable bonds is 4. The lowest BCUT2D eigenvalue weighted by Gasteiger charge is -2.06. The van der Waals surface area contributed by atoms with Gasteiger partial charge in [0.25, 0.3) is 5.69 Å². The number of para-hydroxylation sites is 2. The van der Waals surface area contributed by atoms with Gasteiger partial charge < -0.3 is 5.73 Å². The molecule has 0 aliphatic heterocycles. The first-order valence-electron chi connectivity index (χ1n) is 5.55. The number of nitrogens with two attached hydrogens (primary N) is 1. The minimum atomic E-state index is -1.50. The lowest BCUT2D eigenvalue weighted by Crippen LogP contribution is -2.03. The van der Waals surface area contributed by atoms with Crippen LogP contribution in [0.15, 0.2) is 53.4 Å². The van der Waals surface area contributed by atoms with Crippen LogP contribution in [0, 0.1) is 10.1 Å². The van der Waals surface area contributed by atoms with E-state index in [0.717, 1.165) is 5.56 Å². The quantitative estimate of drug-likeness (QED) is 0.528. The summed E-state index contributed by atoms with van der Waals surface area (Å²) in [5, 5.41) is 10.9. The second-order valence-corrected chi connectivity index (χ2v) is 5.33. The molecule has 98 valence electrons. The molecule has 0 aliphatic carbocycles. The predicted molar refractivity (Wildman–Crippen MR) is 74.1 cm³/mol. The zero-order valence-corrected chi connectivity index (χ0v) is 10.8. The number of nitrogens with zero attached hydrogens (tertiary/aromatic N) is 1. The van der Waals surface area contributed by atoms with Crippen LogP contribution in [0.3, 0.4) is 0 Å². The summed E-state index contributed by atoms with van der Waals surface area (Å²) in [7, 11) is -1.50. The smallest absolute Gasteiger partial charge is 0.285 e. The maximum atomic E-state index is 12.2. The minimum Gasteiger partial charge on any atom is -0.398 e. The molecule has 0 spiro atoms. The van der Waals surface area contributed by atoms with E-state index >= 15 is 0 Å². The average molecular weight is 276 g/mol. The third kappa shape index (κ3) is 2.97. The maximum Gasteiger partial charge on any atom is 0.285 e. The molecule has 0 aromatic heterocycles. The number of benzene rings is 2. The maximum absolute atomic E-state index is 12.2. The average Bonchev–Trinajstić information content (AvgIpc) is 2.41. The molecule has 0 saturated carbocycles. The van der Waals surface area contributed by atoms with E-state index in [4.69, 9.17) is 5.73 Å². The Bertz CT molecular complexity index is 643. The van der Waals surface area contributed by atoms with Crippen molar-refractivity contribution in [3.05, 3.63) is 64.2 Å². The highest BCUT2D eigenvalue weighted by molar-refractivity contribution is 7.84. The SMILES string of the molecule is Nc1ccccc1CS(=O)c1ccccc1[N+](=O)[O-]. The molecule has 5 nitrogen and oxygen atoms in total. The van der Waals surface area contributed by atoms with Gasteiger partial charge in [0.2, 0.25) is 0 Å². The molecule has 2 N–H and O–H groups in total. The normalized spacial score (nSPS) is 12.0. The van der Waals surface area contributed by atoms with Crippen molar-refractivity contribution in [2.75, 3.05) is 5.73 Å². The lowest BCUT2D eigenvalue weighted by atomic mass is 10.2. The van der Waals surface area contributed by atoms with Gasteiger partial charge >= 0.3 is 0 Å². The van der Waals surface area contributed by atoms with Gasteiger partial charge in [0.15, 0.2) is 0 Å². The third-order valence-corrected chi connectivity index (χ3v) is 4.06. The van der Waals surface area contributed by atoms with Crippen LogP contribution < -0.4 is 5.73 Å². The summed E-state index contributed by atoms with van der Waals surface area (Å²) in [6, 6.07) is 13.1. The lowest BCUT2D eigenvalue weighted by molar-refractivity contribution is -0.387. The Kier molecular flexibility index (Phi) is 3.91. The van der Waals surface area contributed by atoms with Crippen LogP contribution in [0.1, 0.15) is 5.56 Å². The van der Waals surface area contributed by atoms with Gasteiger partial charge in [0.05, 0.1) is 21.5 Å². The molecule has 2 aromatic carbocycles. The minimum absolute atomic E-state index is 0.129. The first kappa shape index (κ1) is 13.2. The van der Waals surface area contributed by atoms with Gasteiger partial charge in [-0.05, 0) is 17.7 Å².